The number of amides is 1. The second kappa shape index (κ2) is 11.1. The Labute approximate surface area is 188 Å². The van der Waals surface area contributed by atoms with Crippen molar-refractivity contribution in [2.24, 2.45) is 11.3 Å². The van der Waals surface area contributed by atoms with Crippen LogP contribution in [0.1, 0.15) is 64.9 Å². The molecule has 2 fully saturated rings. The van der Waals surface area contributed by atoms with Crippen LogP contribution in [-0.4, -0.2) is 60.5 Å². The molecular weight excluding hydrogens is 388 g/mol. The molecule has 0 radical (unpaired) electrons. The van der Waals surface area contributed by atoms with Crippen molar-refractivity contribution in [2.75, 3.05) is 32.8 Å². The predicted octanol–water partition coefficient (Wildman–Crippen LogP) is 4.30. The van der Waals surface area contributed by atoms with Gasteiger partial charge in [-0.2, -0.15) is 0 Å². The Balaban J connectivity index is 1.58. The lowest BCUT2D eigenvalue weighted by molar-refractivity contribution is -0.161. The molecule has 0 N–H and O–H groups in total. The zero-order valence-corrected chi connectivity index (χ0v) is 19.6. The molecule has 0 unspecified atom stereocenters. The van der Waals surface area contributed by atoms with Gasteiger partial charge in [0.25, 0.3) is 0 Å². The van der Waals surface area contributed by atoms with E-state index in [0.717, 1.165) is 45.2 Å². The Kier molecular flexibility index (Phi) is 8.53. The average Bonchev–Trinajstić information content (AvgIpc) is 2.80. The molecule has 0 saturated carbocycles. The van der Waals surface area contributed by atoms with Gasteiger partial charge in [0, 0.05) is 25.7 Å². The van der Waals surface area contributed by atoms with Gasteiger partial charge in [0.15, 0.2) is 0 Å². The Hall–Kier alpha value is -1.88. The van der Waals surface area contributed by atoms with E-state index >= 15 is 0 Å². The molecule has 31 heavy (non-hydrogen) atoms. The lowest BCUT2D eigenvalue weighted by Gasteiger charge is -2.42. The van der Waals surface area contributed by atoms with Crippen LogP contribution in [0.5, 0.6) is 0 Å². The third-order valence-electron chi connectivity index (χ3n) is 7.24. The second-order valence-electron chi connectivity index (χ2n) is 9.59. The van der Waals surface area contributed by atoms with Gasteiger partial charge >= 0.3 is 5.97 Å². The summed E-state index contributed by atoms with van der Waals surface area (Å²) < 4.78 is 5.49. The van der Waals surface area contributed by atoms with Crippen LogP contribution in [0.2, 0.25) is 0 Å². The van der Waals surface area contributed by atoms with Gasteiger partial charge < -0.3 is 14.5 Å². The molecule has 0 spiro atoms. The molecule has 1 amide bonds. The monoisotopic (exact) mass is 428 g/mol. The summed E-state index contributed by atoms with van der Waals surface area (Å²) in [7, 11) is 0. The number of benzene rings is 1. The lowest BCUT2D eigenvalue weighted by atomic mass is 9.74. The number of likely N-dealkylation sites (tertiary alicyclic amines) is 2. The Morgan fingerprint density at radius 3 is 2.48 bits per heavy atom. The summed E-state index contributed by atoms with van der Waals surface area (Å²) in [5.41, 5.74) is 0.860. The van der Waals surface area contributed by atoms with E-state index in [0.29, 0.717) is 38.6 Å². The number of aryl methyl sites for hydroxylation is 1. The summed E-state index contributed by atoms with van der Waals surface area (Å²) in [6.45, 7) is 9.99. The van der Waals surface area contributed by atoms with E-state index in [9.17, 15) is 9.59 Å². The van der Waals surface area contributed by atoms with Crippen molar-refractivity contribution in [3.63, 3.8) is 0 Å². The number of hydrogen-bond donors (Lipinski definition) is 0. The van der Waals surface area contributed by atoms with Gasteiger partial charge in [0.05, 0.1) is 17.9 Å². The van der Waals surface area contributed by atoms with Crippen molar-refractivity contribution in [1.82, 2.24) is 9.80 Å². The average molecular weight is 429 g/mol. The van der Waals surface area contributed by atoms with E-state index in [1.807, 2.05) is 17.9 Å². The van der Waals surface area contributed by atoms with Gasteiger partial charge in [-0.1, -0.05) is 30.3 Å². The molecule has 0 aliphatic carbocycles. The minimum atomic E-state index is -0.446. The van der Waals surface area contributed by atoms with Crippen molar-refractivity contribution >= 4 is 11.9 Å². The summed E-state index contributed by atoms with van der Waals surface area (Å²) in [5, 5.41) is 0. The number of nitrogens with zero attached hydrogens (tertiary/aromatic N) is 2. The van der Waals surface area contributed by atoms with Crippen LogP contribution in [-0.2, 0) is 20.7 Å². The van der Waals surface area contributed by atoms with Crippen molar-refractivity contribution < 1.29 is 14.3 Å². The molecule has 1 aromatic carbocycles. The maximum Gasteiger partial charge on any atom is 0.312 e. The molecule has 172 valence electrons. The molecular formula is C26H40N2O3. The van der Waals surface area contributed by atoms with E-state index < -0.39 is 5.41 Å². The normalized spacial score (nSPS) is 21.8. The fourth-order valence-corrected chi connectivity index (χ4v) is 5.21. The van der Waals surface area contributed by atoms with Gasteiger partial charge in [-0.15, -0.1) is 0 Å². The zero-order chi connectivity index (χ0) is 22.3. The molecule has 0 bridgehead atoms. The molecule has 0 aromatic heterocycles. The van der Waals surface area contributed by atoms with Gasteiger partial charge in [0.1, 0.15) is 0 Å². The minimum Gasteiger partial charge on any atom is -0.466 e. The predicted molar refractivity (Wildman–Crippen MR) is 124 cm³/mol. The summed E-state index contributed by atoms with van der Waals surface area (Å²) in [6.07, 6.45) is 6.26. The number of ether oxygens (including phenoxy) is 1. The van der Waals surface area contributed by atoms with Crippen molar-refractivity contribution in [2.45, 2.75) is 71.8 Å². The first-order valence-corrected chi connectivity index (χ1v) is 12.2. The molecule has 5 nitrogen and oxygen atoms in total. The highest BCUT2D eigenvalue weighted by atomic mass is 16.5. The van der Waals surface area contributed by atoms with Gasteiger partial charge in [-0.05, 0) is 77.8 Å². The smallest absolute Gasteiger partial charge is 0.312 e. The quantitative estimate of drug-likeness (QED) is 0.579. The third-order valence-corrected chi connectivity index (χ3v) is 7.24. The maximum atomic E-state index is 13.2. The number of rotatable bonds is 8. The standard InChI is InChI=1S/C26H40N2O3/c1-4-31-25(30)26(14-8-12-22-10-6-5-7-11-22)15-18-27(19-16-26)24(29)23-13-9-17-28(20-23)21(2)3/h5-7,10-11,21,23H,4,8-9,12-20H2,1-3H3/t23-/m1/s1. The highest BCUT2D eigenvalue weighted by Gasteiger charge is 2.44. The molecule has 2 aliphatic heterocycles. The summed E-state index contributed by atoms with van der Waals surface area (Å²) in [5.74, 6) is 0.315. The van der Waals surface area contributed by atoms with Crippen LogP contribution in [0.25, 0.3) is 0 Å². The van der Waals surface area contributed by atoms with E-state index in [1.54, 1.807) is 0 Å². The van der Waals surface area contributed by atoms with Crippen LogP contribution in [0, 0.1) is 11.3 Å². The number of piperidine rings is 2. The third kappa shape index (κ3) is 6.09. The first-order valence-electron chi connectivity index (χ1n) is 12.2. The van der Waals surface area contributed by atoms with Crippen LogP contribution in [0.15, 0.2) is 30.3 Å². The Morgan fingerprint density at radius 2 is 1.84 bits per heavy atom. The van der Waals surface area contributed by atoms with Crippen LogP contribution < -0.4 is 0 Å². The molecule has 2 heterocycles. The van der Waals surface area contributed by atoms with Crippen LogP contribution >= 0.6 is 0 Å². The number of carbonyl (C=O) groups excluding carboxylic acids is 2. The first kappa shape index (κ1) is 23.8. The summed E-state index contributed by atoms with van der Waals surface area (Å²) >= 11 is 0. The van der Waals surface area contributed by atoms with Crippen LogP contribution in [0.3, 0.4) is 0 Å². The lowest BCUT2D eigenvalue weighted by Crippen LogP contribution is -2.51. The highest BCUT2D eigenvalue weighted by Crippen LogP contribution is 2.39. The van der Waals surface area contributed by atoms with Crippen LogP contribution in [0.4, 0.5) is 0 Å². The second-order valence-corrected chi connectivity index (χ2v) is 9.59. The van der Waals surface area contributed by atoms with E-state index in [1.165, 1.54) is 5.56 Å². The van der Waals surface area contributed by atoms with Crippen molar-refractivity contribution in [3.05, 3.63) is 35.9 Å². The number of esters is 1. The largest absolute Gasteiger partial charge is 0.466 e. The molecule has 1 aromatic rings. The first-order chi connectivity index (χ1) is 14.9. The topological polar surface area (TPSA) is 49.9 Å². The fraction of sp³-hybridized carbons (Fsp3) is 0.692. The molecule has 5 heteroatoms. The summed E-state index contributed by atoms with van der Waals surface area (Å²) in [6, 6.07) is 10.9. The van der Waals surface area contributed by atoms with Crippen molar-refractivity contribution in [1.29, 1.82) is 0 Å². The Morgan fingerprint density at radius 1 is 1.13 bits per heavy atom. The van der Waals surface area contributed by atoms with E-state index in [4.69, 9.17) is 4.74 Å². The zero-order valence-electron chi connectivity index (χ0n) is 19.6. The molecule has 1 atom stereocenters. The van der Waals surface area contributed by atoms with Gasteiger partial charge in [-0.25, -0.2) is 0 Å². The highest BCUT2D eigenvalue weighted by molar-refractivity contribution is 5.81. The maximum absolute atomic E-state index is 13.2. The van der Waals surface area contributed by atoms with E-state index in [2.05, 4.69) is 43.0 Å². The van der Waals surface area contributed by atoms with Gasteiger partial charge in [0.2, 0.25) is 5.91 Å². The molecule has 2 saturated heterocycles. The van der Waals surface area contributed by atoms with Gasteiger partial charge in [-0.3, -0.25) is 9.59 Å². The van der Waals surface area contributed by atoms with Crippen molar-refractivity contribution in [3.8, 4) is 0 Å². The number of hydrogen-bond acceptors (Lipinski definition) is 4. The fourth-order valence-electron chi connectivity index (χ4n) is 5.21. The summed E-state index contributed by atoms with van der Waals surface area (Å²) in [4.78, 5) is 30.6. The minimum absolute atomic E-state index is 0.0705. The van der Waals surface area contributed by atoms with E-state index in [-0.39, 0.29) is 17.8 Å². The molecule has 3 rings (SSSR count). The molecule has 2 aliphatic rings. The number of carbonyl (C=O) groups is 2. The Bertz CT molecular complexity index is 711. The SMILES string of the molecule is CCOC(=O)C1(CCCc2ccccc2)CCN(C(=O)[C@@H]2CCCN(C(C)C)C2)CC1.